The highest BCUT2D eigenvalue weighted by Gasteiger charge is 2.41. The minimum Gasteiger partial charge on any atom is -0.422 e. The van der Waals surface area contributed by atoms with Gasteiger partial charge in [-0.3, -0.25) is 4.57 Å². The van der Waals surface area contributed by atoms with E-state index in [-0.39, 0.29) is 10.8 Å². The number of hydrogen-bond donors (Lipinski definition) is 2. The average Bonchev–Trinajstić information content (AvgIpc) is 3.26. The Morgan fingerprint density at radius 3 is 2.46 bits per heavy atom. The Hall–Kier alpha value is -2.95. The highest BCUT2D eigenvalue weighted by Crippen LogP contribution is 2.51. The normalized spacial score (nSPS) is 18.7. The molecule has 4 heterocycles. The van der Waals surface area contributed by atoms with Gasteiger partial charge in [-0.05, 0) is 71.7 Å². The third-order valence-electron chi connectivity index (χ3n) is 7.54. The molecule has 2 N–H and O–H groups in total. The molecule has 37 heavy (non-hydrogen) atoms. The van der Waals surface area contributed by atoms with E-state index in [1.165, 1.54) is 28.7 Å². The predicted octanol–water partition coefficient (Wildman–Crippen LogP) is 6.24. The molecule has 0 radical (unpaired) electrons. The molecule has 2 aromatic heterocycles. The van der Waals surface area contributed by atoms with Gasteiger partial charge in [-0.2, -0.15) is 5.26 Å². The Kier molecular flexibility index (Phi) is 6.12. The van der Waals surface area contributed by atoms with Crippen LogP contribution in [-0.4, -0.2) is 22.9 Å². The first-order chi connectivity index (χ1) is 17.3. The molecule has 3 aromatic rings. The van der Waals surface area contributed by atoms with Crippen molar-refractivity contribution in [2.24, 2.45) is 0 Å². The van der Waals surface area contributed by atoms with Crippen LogP contribution < -0.4 is 10.5 Å². The van der Waals surface area contributed by atoms with Crippen LogP contribution in [0.1, 0.15) is 67.0 Å². The van der Waals surface area contributed by atoms with Crippen LogP contribution >= 0.6 is 18.9 Å². The molecule has 5 rings (SSSR count). The molecule has 0 unspecified atom stereocenters. The standard InChI is InChI=1S/C28H29N2O5PS/c1-27(2)9-11-30-12-10-28(3,4)23-24(30)22(27)14-18-13-17(26(31)35-25(18)23)5-6-20-7-8-21(37-20)15-19(16-29)36(32,33)34/h5-8,13-15H,9-12H2,1-4H3,(H2,32,33,34)/b6-5+,19-15+. The van der Waals surface area contributed by atoms with Gasteiger partial charge in [0.05, 0.1) is 5.56 Å². The van der Waals surface area contributed by atoms with E-state index in [0.29, 0.717) is 16.0 Å². The SMILES string of the molecule is CC1(C)CCN2CCC(C)(C)c3c2c1cc1cc(/C=C/c2ccc(/C=C(\C#N)P(=O)(O)O)s2)c(=O)oc31. The van der Waals surface area contributed by atoms with E-state index in [1.54, 1.807) is 30.4 Å². The Balaban J connectivity index is 1.58. The summed E-state index contributed by atoms with van der Waals surface area (Å²) >= 11 is 1.26. The molecule has 0 amide bonds. The van der Waals surface area contributed by atoms with Crippen LogP contribution in [0.5, 0.6) is 0 Å². The molecule has 0 atom stereocenters. The average molecular weight is 537 g/mol. The van der Waals surface area contributed by atoms with Crippen LogP contribution in [0, 0.1) is 11.3 Å². The second-order valence-corrected chi connectivity index (χ2v) is 13.8. The molecular weight excluding hydrogens is 507 g/mol. The van der Waals surface area contributed by atoms with Gasteiger partial charge in [0.15, 0.2) is 0 Å². The minimum absolute atomic E-state index is 0.0185. The third-order valence-corrected chi connectivity index (χ3v) is 9.39. The van der Waals surface area contributed by atoms with E-state index >= 15 is 0 Å². The van der Waals surface area contributed by atoms with Crippen molar-refractivity contribution in [3.8, 4) is 6.07 Å². The van der Waals surface area contributed by atoms with E-state index < -0.39 is 18.5 Å². The van der Waals surface area contributed by atoms with Crippen molar-refractivity contribution >= 4 is 53.8 Å². The number of hydrogen-bond acceptors (Lipinski definition) is 6. The summed E-state index contributed by atoms with van der Waals surface area (Å²) in [7, 11) is -4.63. The lowest BCUT2D eigenvalue weighted by Crippen LogP contribution is -2.44. The number of thiophene rings is 1. The first kappa shape index (κ1) is 25.7. The summed E-state index contributed by atoms with van der Waals surface area (Å²) < 4.78 is 17.4. The third kappa shape index (κ3) is 4.62. The zero-order valence-electron chi connectivity index (χ0n) is 21.2. The smallest absolute Gasteiger partial charge is 0.366 e. The molecule has 0 saturated carbocycles. The molecule has 1 aromatic carbocycles. The van der Waals surface area contributed by atoms with Crippen molar-refractivity contribution in [3.05, 3.63) is 66.4 Å². The summed E-state index contributed by atoms with van der Waals surface area (Å²) in [6.07, 6.45) is 6.72. The van der Waals surface area contributed by atoms with E-state index in [4.69, 9.17) is 9.68 Å². The number of anilines is 1. The van der Waals surface area contributed by atoms with E-state index in [0.717, 1.165) is 41.8 Å². The fourth-order valence-electron chi connectivity index (χ4n) is 5.31. The second kappa shape index (κ2) is 8.82. The summed E-state index contributed by atoms with van der Waals surface area (Å²) in [5.74, 6) is 0. The molecule has 192 valence electrons. The number of benzene rings is 1. The molecule has 9 heteroatoms. The highest BCUT2D eigenvalue weighted by atomic mass is 32.1. The van der Waals surface area contributed by atoms with Crippen molar-refractivity contribution in [1.29, 1.82) is 5.26 Å². The van der Waals surface area contributed by atoms with Crippen molar-refractivity contribution < 1.29 is 18.8 Å². The van der Waals surface area contributed by atoms with Gasteiger partial charge < -0.3 is 19.1 Å². The Labute approximate surface area is 219 Å². The maximum Gasteiger partial charge on any atom is 0.366 e. The fourth-order valence-corrected chi connectivity index (χ4v) is 6.69. The maximum absolute atomic E-state index is 13.1. The quantitative estimate of drug-likeness (QED) is 0.231. The van der Waals surface area contributed by atoms with Crippen molar-refractivity contribution in [3.63, 3.8) is 0 Å². The Bertz CT molecular complexity index is 1630. The van der Waals surface area contributed by atoms with E-state index in [2.05, 4.69) is 38.7 Å². The fraction of sp³-hybridized carbons (Fsp3) is 0.357. The molecule has 0 bridgehead atoms. The van der Waals surface area contributed by atoms with Gasteiger partial charge >= 0.3 is 13.2 Å². The zero-order chi connectivity index (χ0) is 26.8. The van der Waals surface area contributed by atoms with Gasteiger partial charge in [0.25, 0.3) is 0 Å². The lowest BCUT2D eigenvalue weighted by atomic mass is 9.69. The molecular formula is C28H29N2O5PS. The van der Waals surface area contributed by atoms with Crippen LogP contribution in [0.4, 0.5) is 5.69 Å². The van der Waals surface area contributed by atoms with Gasteiger partial charge in [0, 0.05) is 39.5 Å². The van der Waals surface area contributed by atoms with Crippen LogP contribution in [-0.2, 0) is 15.4 Å². The molecule has 2 aliphatic rings. The number of nitrogens with zero attached hydrogens (tertiary/aromatic N) is 2. The topological polar surface area (TPSA) is 115 Å². The van der Waals surface area contributed by atoms with Gasteiger partial charge in [0.1, 0.15) is 17.0 Å². The lowest BCUT2D eigenvalue weighted by molar-refractivity contribution is 0.384. The zero-order valence-corrected chi connectivity index (χ0v) is 22.9. The lowest BCUT2D eigenvalue weighted by Gasteiger charge is -2.48. The van der Waals surface area contributed by atoms with Crippen molar-refractivity contribution in [2.45, 2.75) is 51.4 Å². The van der Waals surface area contributed by atoms with E-state index in [9.17, 15) is 19.1 Å². The predicted molar refractivity (Wildman–Crippen MR) is 149 cm³/mol. The largest absolute Gasteiger partial charge is 0.422 e. The molecule has 7 nitrogen and oxygen atoms in total. The van der Waals surface area contributed by atoms with Crippen molar-refractivity contribution in [2.75, 3.05) is 18.0 Å². The first-order valence-electron chi connectivity index (χ1n) is 12.2. The minimum atomic E-state index is -4.63. The van der Waals surface area contributed by atoms with Crippen LogP contribution in [0.25, 0.3) is 29.2 Å². The number of rotatable bonds is 4. The number of fused-ring (bicyclic) bond motifs is 2. The molecule has 0 aliphatic carbocycles. The molecule has 0 fully saturated rings. The van der Waals surface area contributed by atoms with Crippen LogP contribution in [0.2, 0.25) is 0 Å². The summed E-state index contributed by atoms with van der Waals surface area (Å²) in [6, 6.07) is 9.08. The number of nitriles is 1. The Morgan fingerprint density at radius 1 is 1.11 bits per heavy atom. The molecule has 0 saturated heterocycles. The highest BCUT2D eigenvalue weighted by molar-refractivity contribution is 7.57. The number of allylic oxidation sites excluding steroid dienone is 1. The molecule has 2 aliphatic heterocycles. The summed E-state index contributed by atoms with van der Waals surface area (Å²) in [5, 5.41) is 9.35. The monoisotopic (exact) mass is 536 g/mol. The summed E-state index contributed by atoms with van der Waals surface area (Å²) in [5.41, 5.74) is 4.24. The van der Waals surface area contributed by atoms with Crippen molar-refractivity contribution in [1.82, 2.24) is 0 Å². The van der Waals surface area contributed by atoms with Crippen LogP contribution in [0.3, 0.4) is 0 Å². The van der Waals surface area contributed by atoms with Gasteiger partial charge in [-0.25, -0.2) is 4.79 Å². The van der Waals surface area contributed by atoms with E-state index in [1.807, 2.05) is 6.07 Å². The second-order valence-electron chi connectivity index (χ2n) is 11.1. The van der Waals surface area contributed by atoms with Gasteiger partial charge in [-0.15, -0.1) is 11.3 Å². The van der Waals surface area contributed by atoms with Crippen LogP contribution in [0.15, 0.2) is 38.8 Å². The van der Waals surface area contributed by atoms with Gasteiger partial charge in [0.2, 0.25) is 0 Å². The Morgan fingerprint density at radius 2 is 1.78 bits per heavy atom. The maximum atomic E-state index is 13.1. The first-order valence-corrected chi connectivity index (χ1v) is 14.6. The summed E-state index contributed by atoms with van der Waals surface area (Å²) in [4.78, 5) is 35.4. The van der Waals surface area contributed by atoms with Gasteiger partial charge in [-0.1, -0.05) is 27.7 Å². The summed E-state index contributed by atoms with van der Waals surface area (Å²) in [6.45, 7) is 11.0. The molecule has 0 spiro atoms.